The van der Waals surface area contributed by atoms with E-state index >= 15 is 0 Å². The number of hydrogen-bond acceptors (Lipinski definition) is 7. The van der Waals surface area contributed by atoms with Crippen molar-refractivity contribution in [2.24, 2.45) is 11.8 Å². The molecule has 0 bridgehead atoms. The normalized spacial score (nSPS) is 21.8. The Morgan fingerprint density at radius 1 is 1.00 bits per heavy atom. The second-order valence-electron chi connectivity index (χ2n) is 6.34. The Labute approximate surface area is 150 Å². The number of benzene rings is 1. The zero-order valence-corrected chi connectivity index (χ0v) is 14.0. The van der Waals surface area contributed by atoms with Crippen LogP contribution in [0.1, 0.15) is 18.7 Å². The van der Waals surface area contributed by atoms with Crippen molar-refractivity contribution in [3.8, 4) is 0 Å². The molecular weight excluding hydrogens is 332 g/mol. The average molecular weight is 350 g/mol. The molecule has 0 saturated carbocycles. The van der Waals surface area contributed by atoms with E-state index in [-0.39, 0.29) is 47.9 Å². The molecule has 1 aromatic heterocycles. The molecule has 132 valence electrons. The van der Waals surface area contributed by atoms with Crippen LogP contribution in [0.4, 0.5) is 17.6 Å². The standard InChI is InChI=1S/C18H18N6O2/c19-17-21-14(22-18(23-17)20-11-6-2-1-3-7-11)10-24-15(25)12-8-4-5-9-13(12)16(24)26/h1-7,12-13H,8-10H2,(H3,19,20,21,22,23)/t12-,13+. The van der Waals surface area contributed by atoms with Crippen LogP contribution in [-0.4, -0.2) is 31.7 Å². The summed E-state index contributed by atoms with van der Waals surface area (Å²) in [5, 5.41) is 3.04. The number of anilines is 3. The molecule has 8 nitrogen and oxygen atoms in total. The number of nitrogens with two attached hydrogens (primary N) is 1. The van der Waals surface area contributed by atoms with E-state index in [0.717, 1.165) is 5.69 Å². The number of nitrogen functional groups attached to an aromatic ring is 1. The first-order valence-electron chi connectivity index (χ1n) is 8.44. The smallest absolute Gasteiger partial charge is 0.233 e. The molecule has 4 rings (SSSR count). The van der Waals surface area contributed by atoms with Gasteiger partial charge in [0.05, 0.1) is 18.4 Å². The number of aromatic nitrogens is 3. The summed E-state index contributed by atoms with van der Waals surface area (Å²) in [5.41, 5.74) is 6.57. The third kappa shape index (κ3) is 3.01. The molecule has 2 aromatic rings. The Morgan fingerprint density at radius 3 is 2.31 bits per heavy atom. The summed E-state index contributed by atoms with van der Waals surface area (Å²) in [4.78, 5) is 38.8. The Kier molecular flexibility index (Phi) is 4.08. The quantitative estimate of drug-likeness (QED) is 0.636. The van der Waals surface area contributed by atoms with Crippen molar-refractivity contribution in [2.45, 2.75) is 19.4 Å². The van der Waals surface area contributed by atoms with Crippen molar-refractivity contribution >= 4 is 29.4 Å². The zero-order chi connectivity index (χ0) is 18.1. The SMILES string of the molecule is Nc1nc(CN2C(=O)[C@H]3CC=CC[C@H]3C2=O)nc(Nc2ccccc2)n1. The number of nitrogens with zero attached hydrogens (tertiary/aromatic N) is 4. The fraction of sp³-hybridized carbons (Fsp3) is 0.278. The number of carbonyl (C=O) groups is 2. The molecule has 2 aliphatic rings. The summed E-state index contributed by atoms with van der Waals surface area (Å²) in [6.45, 7) is 0.000850. The van der Waals surface area contributed by atoms with Gasteiger partial charge < -0.3 is 11.1 Å². The van der Waals surface area contributed by atoms with Gasteiger partial charge in [0, 0.05) is 5.69 Å². The molecule has 2 heterocycles. The number of hydrogen-bond donors (Lipinski definition) is 2. The summed E-state index contributed by atoms with van der Waals surface area (Å²) >= 11 is 0. The van der Waals surface area contributed by atoms with Crippen molar-refractivity contribution in [1.82, 2.24) is 19.9 Å². The molecule has 2 amide bonds. The molecule has 0 spiro atoms. The van der Waals surface area contributed by atoms with Gasteiger partial charge in [-0.1, -0.05) is 30.4 Å². The van der Waals surface area contributed by atoms with E-state index in [4.69, 9.17) is 5.73 Å². The number of likely N-dealkylation sites (tertiary alicyclic amines) is 1. The van der Waals surface area contributed by atoms with Crippen LogP contribution >= 0.6 is 0 Å². The van der Waals surface area contributed by atoms with Crippen molar-refractivity contribution in [3.63, 3.8) is 0 Å². The number of para-hydroxylation sites is 1. The Morgan fingerprint density at radius 2 is 1.65 bits per heavy atom. The van der Waals surface area contributed by atoms with Gasteiger partial charge in [-0.25, -0.2) is 0 Å². The molecule has 1 aliphatic carbocycles. The first kappa shape index (κ1) is 16.2. The van der Waals surface area contributed by atoms with Gasteiger partial charge in [-0.3, -0.25) is 14.5 Å². The highest BCUT2D eigenvalue weighted by Crippen LogP contribution is 2.35. The predicted molar refractivity (Wildman–Crippen MR) is 94.9 cm³/mol. The number of fused-ring (bicyclic) bond motifs is 1. The predicted octanol–water partition coefficient (Wildman–Crippen LogP) is 1.65. The first-order valence-corrected chi connectivity index (χ1v) is 8.44. The lowest BCUT2D eigenvalue weighted by Gasteiger charge is -2.14. The summed E-state index contributed by atoms with van der Waals surface area (Å²) in [6.07, 6.45) is 5.12. The second-order valence-corrected chi connectivity index (χ2v) is 6.34. The van der Waals surface area contributed by atoms with E-state index < -0.39 is 0 Å². The third-order valence-electron chi connectivity index (χ3n) is 4.63. The maximum Gasteiger partial charge on any atom is 0.233 e. The van der Waals surface area contributed by atoms with Crippen LogP contribution in [0, 0.1) is 11.8 Å². The van der Waals surface area contributed by atoms with Crippen LogP contribution in [0.3, 0.4) is 0 Å². The molecule has 0 unspecified atom stereocenters. The minimum absolute atomic E-state index is 0.000850. The topological polar surface area (TPSA) is 114 Å². The van der Waals surface area contributed by atoms with Gasteiger partial charge in [-0.15, -0.1) is 0 Å². The van der Waals surface area contributed by atoms with Gasteiger partial charge in [-0.05, 0) is 25.0 Å². The van der Waals surface area contributed by atoms with Crippen molar-refractivity contribution in [1.29, 1.82) is 0 Å². The number of carbonyl (C=O) groups excluding carboxylic acids is 2. The summed E-state index contributed by atoms with van der Waals surface area (Å²) in [6, 6.07) is 9.39. The highest BCUT2D eigenvalue weighted by Gasteiger charge is 2.47. The van der Waals surface area contributed by atoms with E-state index in [0.29, 0.717) is 12.8 Å². The molecule has 26 heavy (non-hydrogen) atoms. The molecule has 2 atom stereocenters. The number of nitrogens with one attached hydrogen (secondary N) is 1. The maximum atomic E-state index is 12.6. The Hall–Kier alpha value is -3.29. The van der Waals surface area contributed by atoms with E-state index in [1.165, 1.54) is 4.90 Å². The highest BCUT2D eigenvalue weighted by molar-refractivity contribution is 6.05. The largest absolute Gasteiger partial charge is 0.368 e. The third-order valence-corrected chi connectivity index (χ3v) is 4.63. The van der Waals surface area contributed by atoms with Crippen LogP contribution in [0.25, 0.3) is 0 Å². The molecule has 1 aromatic carbocycles. The van der Waals surface area contributed by atoms with E-state index in [1.54, 1.807) is 0 Å². The summed E-state index contributed by atoms with van der Waals surface area (Å²) in [7, 11) is 0. The highest BCUT2D eigenvalue weighted by atomic mass is 16.2. The Balaban J connectivity index is 1.55. The minimum Gasteiger partial charge on any atom is -0.368 e. The molecule has 0 radical (unpaired) electrons. The van der Waals surface area contributed by atoms with Crippen LogP contribution in [-0.2, 0) is 16.1 Å². The van der Waals surface area contributed by atoms with E-state index in [1.807, 2.05) is 42.5 Å². The van der Waals surface area contributed by atoms with Crippen molar-refractivity contribution in [2.75, 3.05) is 11.1 Å². The fourth-order valence-corrected chi connectivity index (χ4v) is 3.38. The van der Waals surface area contributed by atoms with Crippen LogP contribution < -0.4 is 11.1 Å². The lowest BCUT2D eigenvalue weighted by molar-refractivity contribution is -0.140. The molecule has 1 fully saturated rings. The number of amides is 2. The number of imide groups is 1. The van der Waals surface area contributed by atoms with Gasteiger partial charge in [0.2, 0.25) is 23.7 Å². The fourth-order valence-electron chi connectivity index (χ4n) is 3.38. The lowest BCUT2D eigenvalue weighted by atomic mass is 9.85. The number of allylic oxidation sites excluding steroid dienone is 2. The maximum absolute atomic E-state index is 12.6. The average Bonchev–Trinajstić information content (AvgIpc) is 2.87. The zero-order valence-electron chi connectivity index (χ0n) is 14.0. The molecule has 8 heteroatoms. The van der Waals surface area contributed by atoms with Gasteiger partial charge >= 0.3 is 0 Å². The molecular formula is C18H18N6O2. The van der Waals surface area contributed by atoms with Crippen LogP contribution in [0.2, 0.25) is 0 Å². The van der Waals surface area contributed by atoms with Crippen LogP contribution in [0.15, 0.2) is 42.5 Å². The second kappa shape index (κ2) is 6.55. The van der Waals surface area contributed by atoms with Gasteiger partial charge in [-0.2, -0.15) is 15.0 Å². The molecule has 3 N–H and O–H groups in total. The van der Waals surface area contributed by atoms with Crippen molar-refractivity contribution in [3.05, 3.63) is 48.3 Å². The van der Waals surface area contributed by atoms with Gasteiger partial charge in [0.25, 0.3) is 0 Å². The molecule has 1 aliphatic heterocycles. The first-order chi connectivity index (χ1) is 12.6. The van der Waals surface area contributed by atoms with Crippen molar-refractivity contribution < 1.29 is 9.59 Å². The molecule has 1 saturated heterocycles. The number of rotatable bonds is 4. The summed E-state index contributed by atoms with van der Waals surface area (Å²) < 4.78 is 0. The summed E-state index contributed by atoms with van der Waals surface area (Å²) in [5.74, 6) is -0.281. The Bertz CT molecular complexity index is 857. The van der Waals surface area contributed by atoms with Crippen LogP contribution in [0.5, 0.6) is 0 Å². The van der Waals surface area contributed by atoms with Gasteiger partial charge in [0.1, 0.15) is 0 Å². The lowest BCUT2D eigenvalue weighted by Crippen LogP contribution is -2.31. The van der Waals surface area contributed by atoms with E-state index in [9.17, 15) is 9.59 Å². The monoisotopic (exact) mass is 350 g/mol. The minimum atomic E-state index is -0.270. The van der Waals surface area contributed by atoms with E-state index in [2.05, 4.69) is 20.3 Å². The van der Waals surface area contributed by atoms with Gasteiger partial charge in [0.15, 0.2) is 5.82 Å².